The molecule has 1 amide bonds. The first kappa shape index (κ1) is 20.4. The van der Waals surface area contributed by atoms with Crippen LogP contribution in [0.3, 0.4) is 0 Å². The summed E-state index contributed by atoms with van der Waals surface area (Å²) in [7, 11) is 0. The lowest BCUT2D eigenvalue weighted by atomic mass is 9.98. The van der Waals surface area contributed by atoms with Gasteiger partial charge in [0, 0.05) is 17.7 Å². The number of benzene rings is 2. The summed E-state index contributed by atoms with van der Waals surface area (Å²) >= 11 is 0. The molecule has 2 rings (SSSR count). The van der Waals surface area contributed by atoms with Gasteiger partial charge in [-0.25, -0.2) is 0 Å². The molecule has 0 heterocycles. The first-order chi connectivity index (χ1) is 12.8. The highest BCUT2D eigenvalue weighted by Crippen LogP contribution is 2.16. The number of nitrogens with one attached hydrogen (secondary N) is 1. The topological polar surface area (TPSA) is 72.5 Å². The van der Waals surface area contributed by atoms with E-state index in [0.717, 1.165) is 22.3 Å². The lowest BCUT2D eigenvalue weighted by Gasteiger charge is -2.10. The highest BCUT2D eigenvalue weighted by Gasteiger charge is 2.14. The van der Waals surface area contributed by atoms with Crippen LogP contribution < -0.4 is 5.32 Å². The molecule has 0 saturated heterocycles. The molecular formula is C22H25NO4. The number of carbonyl (C=O) groups excluding carboxylic acids is 3. The Morgan fingerprint density at radius 2 is 1.52 bits per heavy atom. The molecule has 0 radical (unpaired) electrons. The fraction of sp³-hybridized carbons (Fsp3) is 0.318. The number of carbonyl (C=O) groups is 3. The van der Waals surface area contributed by atoms with Crippen molar-refractivity contribution in [1.82, 2.24) is 5.32 Å². The van der Waals surface area contributed by atoms with E-state index in [1.54, 1.807) is 12.1 Å². The molecule has 0 unspecified atom stereocenters. The van der Waals surface area contributed by atoms with Crippen molar-refractivity contribution >= 4 is 17.7 Å². The molecular weight excluding hydrogens is 342 g/mol. The van der Waals surface area contributed by atoms with Gasteiger partial charge in [0.2, 0.25) is 5.78 Å². The number of rotatable bonds is 7. The number of esters is 1. The predicted molar refractivity (Wildman–Crippen MR) is 104 cm³/mol. The highest BCUT2D eigenvalue weighted by molar-refractivity contribution is 5.99. The van der Waals surface area contributed by atoms with Gasteiger partial charge in [0.1, 0.15) is 0 Å². The van der Waals surface area contributed by atoms with Gasteiger partial charge in [-0.2, -0.15) is 0 Å². The number of Topliss-reactive ketones (excluding diaryl/α,β-unsaturated/α-hetero) is 1. The summed E-state index contributed by atoms with van der Waals surface area (Å²) < 4.78 is 5.05. The molecule has 2 aromatic rings. The van der Waals surface area contributed by atoms with Gasteiger partial charge in [0.25, 0.3) is 5.91 Å². The van der Waals surface area contributed by atoms with Gasteiger partial charge in [0.15, 0.2) is 6.61 Å². The molecule has 0 atom stereocenters. The van der Waals surface area contributed by atoms with Gasteiger partial charge in [-0.1, -0.05) is 24.3 Å². The Morgan fingerprint density at radius 3 is 2.22 bits per heavy atom. The van der Waals surface area contributed by atoms with Crippen LogP contribution in [0.2, 0.25) is 0 Å². The smallest absolute Gasteiger partial charge is 0.308 e. The molecule has 0 aromatic heterocycles. The third-order valence-corrected chi connectivity index (χ3v) is 4.51. The van der Waals surface area contributed by atoms with Crippen molar-refractivity contribution in [3.63, 3.8) is 0 Å². The molecule has 5 nitrogen and oxygen atoms in total. The minimum absolute atomic E-state index is 0.0107. The second-order valence-electron chi connectivity index (χ2n) is 6.66. The van der Waals surface area contributed by atoms with Crippen LogP contribution in [0.25, 0.3) is 0 Å². The zero-order chi connectivity index (χ0) is 20.0. The fourth-order valence-electron chi connectivity index (χ4n) is 2.76. The summed E-state index contributed by atoms with van der Waals surface area (Å²) in [6.07, 6.45) is 0.0107. The molecule has 2 aromatic carbocycles. The second-order valence-corrected chi connectivity index (χ2v) is 6.66. The summed E-state index contributed by atoms with van der Waals surface area (Å²) in [5.41, 5.74) is 5.02. The fourth-order valence-corrected chi connectivity index (χ4v) is 2.76. The number of amides is 1. The predicted octanol–water partition coefficient (Wildman–Crippen LogP) is 3.47. The van der Waals surface area contributed by atoms with Crippen LogP contribution in [0.1, 0.15) is 49.4 Å². The standard InChI is InChI=1S/C22H25NO4/c1-14-7-5-6-8-18(14)22(26)23-10-9-21(25)27-13-20(24)19-12-16(3)15(2)11-17(19)4/h5-8,11-12H,9-10,13H2,1-4H3,(H,23,26). The Kier molecular flexibility index (Phi) is 6.88. The summed E-state index contributed by atoms with van der Waals surface area (Å²) in [5.74, 6) is -0.981. The van der Waals surface area contributed by atoms with Crippen molar-refractivity contribution < 1.29 is 19.1 Å². The van der Waals surface area contributed by atoms with Crippen molar-refractivity contribution in [2.75, 3.05) is 13.2 Å². The zero-order valence-electron chi connectivity index (χ0n) is 16.2. The molecule has 0 aliphatic carbocycles. The quantitative estimate of drug-likeness (QED) is 0.601. The van der Waals surface area contributed by atoms with Crippen molar-refractivity contribution in [1.29, 1.82) is 0 Å². The van der Waals surface area contributed by atoms with Crippen molar-refractivity contribution in [3.8, 4) is 0 Å². The summed E-state index contributed by atoms with van der Waals surface area (Å²) in [4.78, 5) is 36.2. The normalized spacial score (nSPS) is 10.4. The van der Waals surface area contributed by atoms with Gasteiger partial charge in [-0.3, -0.25) is 14.4 Å². The lowest BCUT2D eigenvalue weighted by Crippen LogP contribution is -2.27. The molecule has 0 bridgehead atoms. The molecule has 1 N–H and O–H groups in total. The number of ketones is 1. The van der Waals surface area contributed by atoms with Crippen LogP contribution in [0.5, 0.6) is 0 Å². The Hall–Kier alpha value is -2.95. The van der Waals surface area contributed by atoms with Crippen molar-refractivity contribution in [2.24, 2.45) is 0 Å². The minimum atomic E-state index is -0.519. The van der Waals surface area contributed by atoms with Gasteiger partial charge in [-0.15, -0.1) is 0 Å². The Balaban J connectivity index is 1.80. The maximum atomic E-state index is 12.3. The molecule has 0 spiro atoms. The zero-order valence-corrected chi connectivity index (χ0v) is 16.2. The van der Waals surface area contributed by atoms with Crippen LogP contribution in [-0.2, 0) is 9.53 Å². The van der Waals surface area contributed by atoms with E-state index < -0.39 is 5.97 Å². The number of ether oxygens (including phenoxy) is 1. The molecule has 0 saturated carbocycles. The largest absolute Gasteiger partial charge is 0.457 e. The van der Waals surface area contributed by atoms with Crippen LogP contribution in [-0.4, -0.2) is 30.8 Å². The number of hydrogen-bond donors (Lipinski definition) is 1. The van der Waals surface area contributed by atoms with Crippen molar-refractivity contribution in [3.05, 3.63) is 69.8 Å². The van der Waals surface area contributed by atoms with Gasteiger partial charge >= 0.3 is 5.97 Å². The van der Waals surface area contributed by atoms with Crippen LogP contribution in [0, 0.1) is 27.7 Å². The maximum absolute atomic E-state index is 12.3. The lowest BCUT2D eigenvalue weighted by molar-refractivity contribution is -0.142. The third kappa shape index (κ3) is 5.51. The number of aryl methyl sites for hydroxylation is 4. The van der Waals surface area contributed by atoms with E-state index in [0.29, 0.717) is 11.1 Å². The number of hydrogen-bond acceptors (Lipinski definition) is 4. The van der Waals surface area contributed by atoms with E-state index in [-0.39, 0.29) is 31.3 Å². The molecule has 0 fully saturated rings. The molecule has 0 aliphatic heterocycles. The monoisotopic (exact) mass is 367 g/mol. The maximum Gasteiger partial charge on any atom is 0.308 e. The first-order valence-corrected chi connectivity index (χ1v) is 8.90. The van der Waals surface area contributed by atoms with Gasteiger partial charge < -0.3 is 10.1 Å². The summed E-state index contributed by atoms with van der Waals surface area (Å²) in [6.45, 7) is 7.50. The average Bonchev–Trinajstić information content (AvgIpc) is 2.63. The van der Waals surface area contributed by atoms with Crippen LogP contribution in [0.15, 0.2) is 36.4 Å². The minimum Gasteiger partial charge on any atom is -0.457 e. The molecule has 0 aliphatic rings. The summed E-state index contributed by atoms with van der Waals surface area (Å²) in [5, 5.41) is 2.69. The van der Waals surface area contributed by atoms with Gasteiger partial charge in [0.05, 0.1) is 6.42 Å². The SMILES string of the molecule is Cc1cc(C)c(C(=O)COC(=O)CCNC(=O)c2ccccc2C)cc1C. The van der Waals surface area contributed by atoms with E-state index in [1.165, 1.54) is 0 Å². The Labute approximate surface area is 159 Å². The second kappa shape index (κ2) is 9.12. The molecule has 5 heteroatoms. The Morgan fingerprint density at radius 1 is 0.852 bits per heavy atom. The Bertz CT molecular complexity index is 871. The third-order valence-electron chi connectivity index (χ3n) is 4.51. The van der Waals surface area contributed by atoms with Crippen LogP contribution in [0.4, 0.5) is 0 Å². The summed E-state index contributed by atoms with van der Waals surface area (Å²) in [6, 6.07) is 11.0. The van der Waals surface area contributed by atoms with Crippen LogP contribution >= 0.6 is 0 Å². The average molecular weight is 367 g/mol. The molecule has 27 heavy (non-hydrogen) atoms. The van der Waals surface area contributed by atoms with Gasteiger partial charge in [-0.05, 0) is 62.1 Å². The van der Waals surface area contributed by atoms with E-state index >= 15 is 0 Å². The highest BCUT2D eigenvalue weighted by atomic mass is 16.5. The van der Waals surface area contributed by atoms with E-state index in [1.807, 2.05) is 52.0 Å². The van der Waals surface area contributed by atoms with Crippen molar-refractivity contribution in [2.45, 2.75) is 34.1 Å². The molecule has 142 valence electrons. The van der Waals surface area contributed by atoms with E-state index in [2.05, 4.69) is 5.32 Å². The van der Waals surface area contributed by atoms with E-state index in [4.69, 9.17) is 4.74 Å². The van der Waals surface area contributed by atoms with E-state index in [9.17, 15) is 14.4 Å². The first-order valence-electron chi connectivity index (χ1n) is 8.90.